The minimum absolute atomic E-state index is 0.0150. The zero-order valence-electron chi connectivity index (χ0n) is 12.7. The van der Waals surface area contributed by atoms with E-state index in [1.165, 1.54) is 37.5 Å². The van der Waals surface area contributed by atoms with E-state index in [1.54, 1.807) is 0 Å². The first kappa shape index (κ1) is 17.0. The van der Waals surface area contributed by atoms with Crippen LogP contribution in [-0.4, -0.2) is 25.1 Å². The van der Waals surface area contributed by atoms with Gasteiger partial charge in [-0.1, -0.05) is 6.07 Å². The van der Waals surface area contributed by atoms with Crippen molar-refractivity contribution in [3.05, 3.63) is 52.0 Å². The molecule has 0 aliphatic heterocycles. The Kier molecular flexibility index (Phi) is 5.70. The number of benzene rings is 1. The van der Waals surface area contributed by atoms with Gasteiger partial charge in [0.2, 0.25) is 0 Å². The summed E-state index contributed by atoms with van der Waals surface area (Å²) in [7, 11) is 1.33. The van der Waals surface area contributed by atoms with Crippen LogP contribution < -0.4 is 10.1 Å². The van der Waals surface area contributed by atoms with E-state index in [2.05, 4.69) is 5.32 Å². The van der Waals surface area contributed by atoms with Gasteiger partial charge in [-0.15, -0.1) is 11.3 Å². The van der Waals surface area contributed by atoms with Crippen molar-refractivity contribution in [2.45, 2.75) is 19.6 Å². The van der Waals surface area contributed by atoms with Crippen LogP contribution >= 0.6 is 11.3 Å². The van der Waals surface area contributed by atoms with Crippen LogP contribution in [0.4, 0.5) is 4.39 Å². The van der Waals surface area contributed by atoms with E-state index >= 15 is 0 Å². The van der Waals surface area contributed by atoms with Gasteiger partial charge in [0.25, 0.3) is 5.91 Å². The molecule has 1 aromatic heterocycles. The third kappa shape index (κ3) is 4.53. The van der Waals surface area contributed by atoms with Crippen molar-refractivity contribution < 1.29 is 23.5 Å². The summed E-state index contributed by atoms with van der Waals surface area (Å²) < 4.78 is 23.4. The molecule has 0 radical (unpaired) electrons. The number of nitrogens with one attached hydrogen (secondary N) is 1. The average Bonchev–Trinajstić information content (AvgIpc) is 3.05. The van der Waals surface area contributed by atoms with Crippen LogP contribution in [0.2, 0.25) is 0 Å². The lowest BCUT2D eigenvalue weighted by Gasteiger charge is -2.13. The highest BCUT2D eigenvalue weighted by molar-refractivity contribution is 7.09. The first-order chi connectivity index (χ1) is 11.0. The Labute approximate surface area is 137 Å². The molecule has 23 heavy (non-hydrogen) atoms. The second kappa shape index (κ2) is 7.73. The van der Waals surface area contributed by atoms with Gasteiger partial charge in [-0.05, 0) is 36.6 Å². The first-order valence-corrected chi connectivity index (χ1v) is 7.74. The highest BCUT2D eigenvalue weighted by atomic mass is 32.1. The van der Waals surface area contributed by atoms with Crippen LogP contribution in [0.5, 0.6) is 5.75 Å². The SMILES string of the molecule is COc1ccc(C(=O)O[C@@H](C)C(=O)NCc2cccs2)cc1F. The number of hydrogen-bond acceptors (Lipinski definition) is 5. The Hall–Kier alpha value is -2.41. The summed E-state index contributed by atoms with van der Waals surface area (Å²) in [6.45, 7) is 1.83. The number of ether oxygens (including phenoxy) is 2. The number of rotatable bonds is 6. The molecule has 1 N–H and O–H groups in total. The first-order valence-electron chi connectivity index (χ1n) is 6.86. The molecule has 1 heterocycles. The fourth-order valence-corrected chi connectivity index (χ4v) is 2.45. The molecule has 1 amide bonds. The van der Waals surface area contributed by atoms with E-state index in [0.717, 1.165) is 10.9 Å². The van der Waals surface area contributed by atoms with Crippen molar-refractivity contribution in [2.24, 2.45) is 0 Å². The van der Waals surface area contributed by atoms with Crippen molar-refractivity contribution in [1.29, 1.82) is 0 Å². The molecule has 0 spiro atoms. The minimum Gasteiger partial charge on any atom is -0.494 e. The number of halogens is 1. The van der Waals surface area contributed by atoms with Gasteiger partial charge in [-0.25, -0.2) is 9.18 Å². The molecule has 0 bridgehead atoms. The van der Waals surface area contributed by atoms with Crippen molar-refractivity contribution >= 4 is 23.2 Å². The second-order valence-electron chi connectivity index (χ2n) is 4.69. The highest BCUT2D eigenvalue weighted by Crippen LogP contribution is 2.18. The number of hydrogen-bond donors (Lipinski definition) is 1. The molecule has 2 aromatic rings. The predicted molar refractivity (Wildman–Crippen MR) is 84.0 cm³/mol. The van der Waals surface area contributed by atoms with E-state index in [4.69, 9.17) is 9.47 Å². The molecule has 0 aliphatic rings. The molecule has 1 aromatic carbocycles. The molecule has 122 valence electrons. The zero-order chi connectivity index (χ0) is 16.8. The molecule has 0 fully saturated rings. The van der Waals surface area contributed by atoms with Crippen LogP contribution in [-0.2, 0) is 16.1 Å². The topological polar surface area (TPSA) is 64.6 Å². The summed E-state index contributed by atoms with van der Waals surface area (Å²) in [6.07, 6.45) is -0.979. The molecular weight excluding hydrogens is 321 g/mol. The summed E-state index contributed by atoms with van der Waals surface area (Å²) in [5.41, 5.74) is 0.0150. The van der Waals surface area contributed by atoms with E-state index in [-0.39, 0.29) is 11.3 Å². The van der Waals surface area contributed by atoms with Crippen LogP contribution in [0.1, 0.15) is 22.2 Å². The Bertz CT molecular complexity index is 687. The van der Waals surface area contributed by atoms with Crippen LogP contribution in [0.3, 0.4) is 0 Å². The predicted octanol–water partition coefficient (Wildman–Crippen LogP) is 2.76. The van der Waals surface area contributed by atoms with E-state index in [0.29, 0.717) is 6.54 Å². The Morgan fingerprint density at radius 1 is 1.35 bits per heavy atom. The van der Waals surface area contributed by atoms with Gasteiger partial charge in [0.1, 0.15) is 0 Å². The number of esters is 1. The van der Waals surface area contributed by atoms with Gasteiger partial charge in [-0.3, -0.25) is 4.79 Å². The summed E-state index contributed by atoms with van der Waals surface area (Å²) >= 11 is 1.52. The lowest BCUT2D eigenvalue weighted by atomic mass is 10.2. The largest absolute Gasteiger partial charge is 0.494 e. The molecular formula is C16H16FNO4S. The fraction of sp³-hybridized carbons (Fsp3) is 0.250. The maximum Gasteiger partial charge on any atom is 0.339 e. The Morgan fingerprint density at radius 2 is 2.13 bits per heavy atom. The molecule has 5 nitrogen and oxygen atoms in total. The van der Waals surface area contributed by atoms with E-state index < -0.39 is 23.8 Å². The smallest absolute Gasteiger partial charge is 0.339 e. The van der Waals surface area contributed by atoms with Crippen LogP contribution in [0.25, 0.3) is 0 Å². The third-order valence-corrected chi connectivity index (χ3v) is 3.93. The van der Waals surface area contributed by atoms with Crippen molar-refractivity contribution in [3.8, 4) is 5.75 Å². The normalized spacial score (nSPS) is 11.6. The number of thiophene rings is 1. The molecule has 0 aliphatic carbocycles. The third-order valence-electron chi connectivity index (χ3n) is 3.06. The van der Waals surface area contributed by atoms with Crippen LogP contribution in [0, 0.1) is 5.82 Å². The summed E-state index contributed by atoms with van der Waals surface area (Å²) in [4.78, 5) is 24.8. The van der Waals surface area contributed by atoms with Crippen molar-refractivity contribution in [3.63, 3.8) is 0 Å². The van der Waals surface area contributed by atoms with Gasteiger partial charge in [0.15, 0.2) is 17.7 Å². The van der Waals surface area contributed by atoms with Gasteiger partial charge in [-0.2, -0.15) is 0 Å². The second-order valence-corrected chi connectivity index (χ2v) is 5.73. The van der Waals surface area contributed by atoms with Gasteiger partial charge in [0.05, 0.1) is 19.2 Å². The molecule has 7 heteroatoms. The lowest BCUT2D eigenvalue weighted by Crippen LogP contribution is -2.35. The summed E-state index contributed by atoms with van der Waals surface area (Å²) in [5, 5.41) is 4.58. The van der Waals surface area contributed by atoms with E-state index in [1.807, 2.05) is 17.5 Å². The quantitative estimate of drug-likeness (QED) is 0.823. The van der Waals surface area contributed by atoms with Crippen molar-refractivity contribution in [2.75, 3.05) is 7.11 Å². The Morgan fingerprint density at radius 3 is 2.74 bits per heavy atom. The number of carbonyl (C=O) groups is 2. The maximum absolute atomic E-state index is 13.6. The standard InChI is InChI=1S/C16H16FNO4S/c1-10(15(19)18-9-12-4-3-7-23-12)22-16(20)11-5-6-14(21-2)13(17)8-11/h3-8,10H,9H2,1-2H3,(H,18,19)/t10-/m0/s1. The summed E-state index contributed by atoms with van der Waals surface area (Å²) in [5.74, 6) is -1.83. The minimum atomic E-state index is -0.979. The van der Waals surface area contributed by atoms with Crippen LogP contribution in [0.15, 0.2) is 35.7 Å². The fourth-order valence-electron chi connectivity index (χ4n) is 1.81. The average molecular weight is 337 g/mol. The maximum atomic E-state index is 13.6. The molecule has 2 rings (SSSR count). The number of amides is 1. The molecule has 1 atom stereocenters. The van der Waals surface area contributed by atoms with Gasteiger partial charge < -0.3 is 14.8 Å². The van der Waals surface area contributed by atoms with E-state index in [9.17, 15) is 14.0 Å². The van der Waals surface area contributed by atoms with Gasteiger partial charge >= 0.3 is 5.97 Å². The summed E-state index contributed by atoms with van der Waals surface area (Å²) in [6, 6.07) is 7.49. The number of carbonyl (C=O) groups excluding carboxylic acids is 2. The van der Waals surface area contributed by atoms with Crippen molar-refractivity contribution in [1.82, 2.24) is 5.32 Å². The lowest BCUT2D eigenvalue weighted by molar-refractivity contribution is -0.129. The molecule has 0 unspecified atom stereocenters. The monoisotopic (exact) mass is 337 g/mol. The molecule has 0 saturated carbocycles. The highest BCUT2D eigenvalue weighted by Gasteiger charge is 2.19. The van der Waals surface area contributed by atoms with Gasteiger partial charge in [0, 0.05) is 4.88 Å². The molecule has 0 saturated heterocycles. The number of methoxy groups -OCH3 is 1. The zero-order valence-corrected chi connectivity index (χ0v) is 13.5. The Balaban J connectivity index is 1.90.